The van der Waals surface area contributed by atoms with Gasteiger partial charge in [0, 0.05) is 0 Å². The lowest BCUT2D eigenvalue weighted by molar-refractivity contribution is -0.115. The van der Waals surface area contributed by atoms with Crippen molar-refractivity contribution in [3.05, 3.63) is 58.1 Å². The van der Waals surface area contributed by atoms with Crippen LogP contribution in [0.25, 0.3) is 0 Å². The Labute approximate surface area is 156 Å². The van der Waals surface area contributed by atoms with Gasteiger partial charge in [-0.2, -0.15) is 0 Å². The molecule has 0 saturated heterocycles. The van der Waals surface area contributed by atoms with Gasteiger partial charge in [0.15, 0.2) is 9.84 Å². The third-order valence-corrected chi connectivity index (χ3v) is 6.39. The van der Waals surface area contributed by atoms with E-state index in [0.717, 1.165) is 0 Å². The van der Waals surface area contributed by atoms with Crippen molar-refractivity contribution in [1.82, 2.24) is 0 Å². The van der Waals surface area contributed by atoms with Gasteiger partial charge in [-0.25, -0.2) is 8.42 Å². The van der Waals surface area contributed by atoms with Crippen LogP contribution in [0.15, 0.2) is 42.5 Å². The Balaban J connectivity index is 2.15. The number of ether oxygens (including phenoxy) is 1. The van der Waals surface area contributed by atoms with Crippen LogP contribution in [0.3, 0.4) is 0 Å². The van der Waals surface area contributed by atoms with Crippen molar-refractivity contribution in [2.45, 2.75) is 17.9 Å². The predicted octanol–water partition coefficient (Wildman–Crippen LogP) is 3.94. The van der Waals surface area contributed by atoms with Gasteiger partial charge in [-0.3, -0.25) is 4.79 Å². The summed E-state index contributed by atoms with van der Waals surface area (Å²) < 4.78 is 30.2. The van der Waals surface area contributed by atoms with E-state index in [1.165, 1.54) is 26.2 Å². The minimum Gasteiger partial charge on any atom is -0.495 e. The third-order valence-electron chi connectivity index (χ3n) is 3.62. The Morgan fingerprint density at radius 3 is 2.48 bits per heavy atom. The number of anilines is 1. The summed E-state index contributed by atoms with van der Waals surface area (Å²) in [6.07, 6.45) is 0. The Morgan fingerprint density at radius 1 is 1.16 bits per heavy atom. The van der Waals surface area contributed by atoms with Crippen molar-refractivity contribution in [3.63, 3.8) is 0 Å². The number of nitrogens with one attached hydrogen (secondary N) is 1. The summed E-state index contributed by atoms with van der Waals surface area (Å²) in [5.74, 6) is -0.501. The summed E-state index contributed by atoms with van der Waals surface area (Å²) in [6.45, 7) is 1.34. The van der Waals surface area contributed by atoms with Crippen molar-refractivity contribution in [3.8, 4) is 5.75 Å². The van der Waals surface area contributed by atoms with Crippen LogP contribution in [0, 0.1) is 0 Å². The average Bonchev–Trinajstić information content (AvgIpc) is 2.57. The molecule has 1 unspecified atom stereocenters. The molecule has 0 radical (unpaired) electrons. The number of halogens is 2. The molecule has 0 aromatic heterocycles. The smallest absolute Gasteiger partial charge is 0.242 e. The van der Waals surface area contributed by atoms with E-state index in [0.29, 0.717) is 22.0 Å². The Kier molecular flexibility index (Phi) is 6.32. The maximum Gasteiger partial charge on any atom is 0.242 e. The molecular formula is C17H17Cl2NO4S. The number of benzene rings is 2. The van der Waals surface area contributed by atoms with E-state index < -0.39 is 21.0 Å². The van der Waals surface area contributed by atoms with Gasteiger partial charge in [0.25, 0.3) is 0 Å². The van der Waals surface area contributed by atoms with Crippen molar-refractivity contribution >= 4 is 44.6 Å². The van der Waals surface area contributed by atoms with Crippen LogP contribution in [-0.4, -0.2) is 26.7 Å². The van der Waals surface area contributed by atoms with Crippen LogP contribution in [0.1, 0.15) is 12.5 Å². The van der Waals surface area contributed by atoms with E-state index in [2.05, 4.69) is 5.32 Å². The summed E-state index contributed by atoms with van der Waals surface area (Å²) in [4.78, 5) is 12.3. The molecule has 0 saturated carbocycles. The first kappa shape index (κ1) is 19.6. The molecule has 0 bridgehead atoms. The molecule has 1 amide bonds. The fourth-order valence-corrected chi connectivity index (χ4v) is 3.73. The fourth-order valence-electron chi connectivity index (χ4n) is 2.13. The van der Waals surface area contributed by atoms with E-state index in [1.54, 1.807) is 30.3 Å². The molecule has 0 aliphatic carbocycles. The first-order valence-electron chi connectivity index (χ1n) is 7.34. The summed E-state index contributed by atoms with van der Waals surface area (Å²) >= 11 is 11.7. The second-order valence-corrected chi connectivity index (χ2v) is 8.52. The van der Waals surface area contributed by atoms with E-state index >= 15 is 0 Å². The van der Waals surface area contributed by atoms with Crippen molar-refractivity contribution in [2.24, 2.45) is 0 Å². The number of carbonyl (C=O) groups excluding carboxylic acids is 1. The minimum absolute atomic E-state index is 0.264. The maximum atomic E-state index is 12.5. The van der Waals surface area contributed by atoms with Crippen LogP contribution >= 0.6 is 23.2 Å². The number of hydrogen-bond donors (Lipinski definition) is 1. The zero-order chi connectivity index (χ0) is 18.6. The Hall–Kier alpha value is -1.76. The van der Waals surface area contributed by atoms with E-state index in [4.69, 9.17) is 27.9 Å². The topological polar surface area (TPSA) is 72.5 Å². The summed E-state index contributed by atoms with van der Waals surface area (Å²) in [5, 5.41) is 1.94. The predicted molar refractivity (Wildman–Crippen MR) is 100 cm³/mol. The Bertz CT molecular complexity index is 884. The molecule has 134 valence electrons. The van der Waals surface area contributed by atoms with Gasteiger partial charge in [-0.05, 0) is 36.8 Å². The van der Waals surface area contributed by atoms with Gasteiger partial charge in [0.05, 0.1) is 28.6 Å². The zero-order valence-electron chi connectivity index (χ0n) is 13.6. The molecule has 2 aromatic rings. The quantitative estimate of drug-likeness (QED) is 0.795. The lowest BCUT2D eigenvalue weighted by Gasteiger charge is -2.15. The molecule has 25 heavy (non-hydrogen) atoms. The normalized spacial score (nSPS) is 12.5. The van der Waals surface area contributed by atoms with E-state index in [9.17, 15) is 13.2 Å². The molecular weight excluding hydrogens is 385 g/mol. The van der Waals surface area contributed by atoms with E-state index in [1.807, 2.05) is 0 Å². The largest absolute Gasteiger partial charge is 0.495 e. The lowest BCUT2D eigenvalue weighted by Crippen LogP contribution is -2.33. The number of amides is 1. The van der Waals surface area contributed by atoms with Gasteiger partial charge in [0.1, 0.15) is 11.0 Å². The highest BCUT2D eigenvalue weighted by atomic mass is 35.5. The lowest BCUT2D eigenvalue weighted by atomic mass is 10.2. The van der Waals surface area contributed by atoms with E-state index in [-0.39, 0.29) is 10.8 Å². The molecule has 1 atom stereocenters. The molecule has 0 aliphatic rings. The second kappa shape index (κ2) is 8.08. The van der Waals surface area contributed by atoms with Crippen molar-refractivity contribution in [2.75, 3.05) is 12.4 Å². The minimum atomic E-state index is -3.74. The van der Waals surface area contributed by atoms with Crippen LogP contribution in [0.2, 0.25) is 10.0 Å². The average molecular weight is 402 g/mol. The SMILES string of the molecule is COc1ccccc1NC(=O)C(C)S(=O)(=O)Cc1ccc(Cl)c(Cl)c1. The summed E-state index contributed by atoms with van der Waals surface area (Å²) in [5.41, 5.74) is 0.873. The number of carbonyl (C=O) groups is 1. The van der Waals surface area contributed by atoms with Crippen LogP contribution in [-0.2, 0) is 20.4 Å². The van der Waals surface area contributed by atoms with Crippen LogP contribution < -0.4 is 10.1 Å². The Morgan fingerprint density at radius 2 is 1.84 bits per heavy atom. The molecule has 5 nitrogen and oxygen atoms in total. The van der Waals surface area contributed by atoms with Crippen LogP contribution in [0.4, 0.5) is 5.69 Å². The molecule has 0 spiro atoms. The molecule has 0 aliphatic heterocycles. The number of para-hydroxylation sites is 2. The molecule has 1 N–H and O–H groups in total. The second-order valence-electron chi connectivity index (χ2n) is 5.39. The highest BCUT2D eigenvalue weighted by molar-refractivity contribution is 7.92. The number of sulfone groups is 1. The monoisotopic (exact) mass is 401 g/mol. The molecule has 2 aromatic carbocycles. The number of rotatable bonds is 6. The third kappa shape index (κ3) is 4.87. The number of hydrogen-bond acceptors (Lipinski definition) is 4. The standard InChI is InChI=1S/C17H17Cl2NO4S/c1-11(17(21)20-15-5-3-4-6-16(15)24-2)25(22,23)10-12-7-8-13(18)14(19)9-12/h3-9,11H,10H2,1-2H3,(H,20,21). The maximum absolute atomic E-state index is 12.5. The van der Waals surface area contributed by atoms with Crippen molar-refractivity contribution < 1.29 is 17.9 Å². The molecule has 2 rings (SSSR count). The van der Waals surface area contributed by atoms with Gasteiger partial charge < -0.3 is 10.1 Å². The van der Waals surface area contributed by atoms with Gasteiger partial charge in [-0.15, -0.1) is 0 Å². The molecule has 0 fully saturated rings. The van der Waals surface area contributed by atoms with Crippen molar-refractivity contribution in [1.29, 1.82) is 0 Å². The first-order chi connectivity index (χ1) is 11.7. The summed E-state index contributed by atoms with van der Waals surface area (Å²) in [7, 11) is -2.27. The highest BCUT2D eigenvalue weighted by Gasteiger charge is 2.29. The molecule has 0 heterocycles. The van der Waals surface area contributed by atoms with Gasteiger partial charge in [-0.1, -0.05) is 41.4 Å². The highest BCUT2D eigenvalue weighted by Crippen LogP contribution is 2.26. The fraction of sp³-hybridized carbons (Fsp3) is 0.235. The zero-order valence-corrected chi connectivity index (χ0v) is 16.0. The molecule has 8 heteroatoms. The number of methoxy groups -OCH3 is 1. The van der Waals surface area contributed by atoms with Gasteiger partial charge >= 0.3 is 0 Å². The van der Waals surface area contributed by atoms with Crippen LogP contribution in [0.5, 0.6) is 5.75 Å². The van der Waals surface area contributed by atoms with Gasteiger partial charge in [0.2, 0.25) is 5.91 Å². The first-order valence-corrected chi connectivity index (χ1v) is 9.81. The summed E-state index contributed by atoms with van der Waals surface area (Å²) in [6, 6.07) is 11.3.